The molecule has 2 rings (SSSR count). The van der Waals surface area contributed by atoms with Crippen molar-refractivity contribution in [2.75, 3.05) is 13.1 Å². The second-order valence-corrected chi connectivity index (χ2v) is 6.97. The number of hydrogen-bond donors (Lipinski definition) is 0. The number of nitrogens with zero attached hydrogens (tertiary/aromatic N) is 1. The van der Waals surface area contributed by atoms with E-state index in [1.807, 2.05) is 11.4 Å². The van der Waals surface area contributed by atoms with Crippen LogP contribution in [0.15, 0.2) is 15.9 Å². The molecule has 1 unspecified atom stereocenters. The van der Waals surface area contributed by atoms with E-state index in [0.717, 1.165) is 28.9 Å². The lowest BCUT2D eigenvalue weighted by atomic mass is 9.89. The molecule has 1 aliphatic heterocycles. The monoisotopic (exact) mass is 329 g/mol. The molecule has 18 heavy (non-hydrogen) atoms. The van der Waals surface area contributed by atoms with Gasteiger partial charge in [-0.05, 0) is 66.7 Å². The summed E-state index contributed by atoms with van der Waals surface area (Å²) in [5.41, 5.74) is -0.278. The molecule has 1 aliphatic rings. The van der Waals surface area contributed by atoms with Crippen LogP contribution >= 0.6 is 27.3 Å². The van der Waals surface area contributed by atoms with Gasteiger partial charge in [0.15, 0.2) is 5.78 Å². The zero-order valence-corrected chi connectivity index (χ0v) is 13.4. The molecule has 4 heteroatoms. The molecule has 0 amide bonds. The fraction of sp³-hybridized carbons (Fsp3) is 0.643. The summed E-state index contributed by atoms with van der Waals surface area (Å²) in [5, 5.41) is 2.03. The molecule has 1 saturated heterocycles. The van der Waals surface area contributed by atoms with E-state index in [1.54, 1.807) is 11.3 Å². The van der Waals surface area contributed by atoms with Gasteiger partial charge in [0.1, 0.15) is 0 Å². The molecule has 0 spiro atoms. The van der Waals surface area contributed by atoms with Crippen LogP contribution in [0.5, 0.6) is 0 Å². The summed E-state index contributed by atoms with van der Waals surface area (Å²) in [4.78, 5) is 16.2. The molecule has 0 aliphatic carbocycles. The quantitative estimate of drug-likeness (QED) is 0.816. The predicted octanol–water partition coefficient (Wildman–Crippen LogP) is 3.89. The van der Waals surface area contributed by atoms with E-state index < -0.39 is 0 Å². The largest absolute Gasteiger partial charge is 0.297 e. The van der Waals surface area contributed by atoms with E-state index in [4.69, 9.17) is 0 Å². The third-order valence-corrected chi connectivity index (χ3v) is 6.03. The third-order valence-electron chi connectivity index (χ3n) is 4.11. The molecule has 1 atom stereocenters. The topological polar surface area (TPSA) is 20.3 Å². The Kier molecular flexibility index (Phi) is 4.62. The average Bonchev–Trinajstić information content (AvgIpc) is 3.01. The van der Waals surface area contributed by atoms with Crippen LogP contribution in [-0.4, -0.2) is 29.3 Å². The molecule has 0 N–H and O–H groups in total. The number of ketones is 1. The number of Topliss-reactive ketones (excluding diaryl/α,β-unsaturated/α-hetero) is 1. The van der Waals surface area contributed by atoms with Crippen LogP contribution in [0.3, 0.4) is 0 Å². The van der Waals surface area contributed by atoms with Crippen molar-refractivity contribution < 1.29 is 4.79 Å². The van der Waals surface area contributed by atoms with Gasteiger partial charge in [-0.2, -0.15) is 0 Å². The molecule has 2 nitrogen and oxygen atoms in total. The summed E-state index contributed by atoms with van der Waals surface area (Å²) in [5.74, 6) is 0.357. The van der Waals surface area contributed by atoms with Crippen molar-refractivity contribution in [1.29, 1.82) is 0 Å². The molecule has 0 radical (unpaired) electrons. The first-order valence-electron chi connectivity index (χ1n) is 6.58. The molecule has 1 fully saturated rings. The van der Waals surface area contributed by atoms with Crippen molar-refractivity contribution in [3.05, 3.63) is 20.8 Å². The zero-order chi connectivity index (χ0) is 13.2. The Morgan fingerprint density at radius 3 is 2.67 bits per heavy atom. The minimum absolute atomic E-state index is 0.278. The number of likely N-dealkylation sites (tertiary alicyclic amines) is 1. The Bertz CT molecular complexity index is 425. The molecule has 0 bridgehead atoms. The Morgan fingerprint density at radius 2 is 2.17 bits per heavy atom. The van der Waals surface area contributed by atoms with Gasteiger partial charge in [-0.25, -0.2) is 0 Å². The van der Waals surface area contributed by atoms with Gasteiger partial charge in [0, 0.05) is 15.8 Å². The summed E-state index contributed by atoms with van der Waals surface area (Å²) < 4.78 is 1.07. The number of halogens is 1. The number of rotatable bonds is 5. The highest BCUT2D eigenvalue weighted by Gasteiger charge is 2.38. The van der Waals surface area contributed by atoms with Crippen molar-refractivity contribution in [2.24, 2.45) is 0 Å². The first kappa shape index (κ1) is 14.2. The highest BCUT2D eigenvalue weighted by atomic mass is 79.9. The third kappa shape index (κ3) is 2.70. The van der Waals surface area contributed by atoms with E-state index in [-0.39, 0.29) is 5.54 Å². The lowest BCUT2D eigenvalue weighted by Crippen LogP contribution is -2.51. The van der Waals surface area contributed by atoms with Gasteiger partial charge in [0.25, 0.3) is 0 Å². The van der Waals surface area contributed by atoms with Crippen molar-refractivity contribution in [3.63, 3.8) is 0 Å². The second kappa shape index (κ2) is 5.85. The van der Waals surface area contributed by atoms with Gasteiger partial charge in [-0.15, -0.1) is 11.3 Å². The van der Waals surface area contributed by atoms with E-state index in [1.165, 1.54) is 12.8 Å². The van der Waals surface area contributed by atoms with Crippen molar-refractivity contribution >= 4 is 33.0 Å². The SMILES string of the molecule is CCC(C)(C(=O)Cc1sccc1Br)N1CCCC1. The molecule has 1 aromatic rings. The molecular formula is C14H20BrNOS. The van der Waals surface area contributed by atoms with Gasteiger partial charge < -0.3 is 0 Å². The maximum absolute atomic E-state index is 12.6. The van der Waals surface area contributed by atoms with Crippen LogP contribution in [0.4, 0.5) is 0 Å². The number of carbonyl (C=O) groups excluding carboxylic acids is 1. The van der Waals surface area contributed by atoms with Crippen LogP contribution in [0.25, 0.3) is 0 Å². The predicted molar refractivity (Wildman–Crippen MR) is 80.2 cm³/mol. The summed E-state index contributed by atoms with van der Waals surface area (Å²) >= 11 is 5.17. The standard InChI is InChI=1S/C14H20BrNOS/c1-3-14(2,16-7-4-5-8-16)13(17)10-12-11(15)6-9-18-12/h6,9H,3-5,7-8,10H2,1-2H3. The van der Waals surface area contributed by atoms with Crippen molar-refractivity contribution in [2.45, 2.75) is 45.1 Å². The molecule has 0 aromatic carbocycles. The van der Waals surface area contributed by atoms with Crippen LogP contribution < -0.4 is 0 Å². The summed E-state index contributed by atoms with van der Waals surface area (Å²) in [6.07, 6.45) is 3.91. The van der Waals surface area contributed by atoms with E-state index in [9.17, 15) is 4.79 Å². The van der Waals surface area contributed by atoms with E-state index in [2.05, 4.69) is 34.7 Å². The Balaban J connectivity index is 2.12. The summed E-state index contributed by atoms with van der Waals surface area (Å²) in [6.45, 7) is 6.38. The maximum atomic E-state index is 12.6. The van der Waals surface area contributed by atoms with Gasteiger partial charge in [0.2, 0.25) is 0 Å². The fourth-order valence-corrected chi connectivity index (χ4v) is 4.09. The van der Waals surface area contributed by atoms with E-state index in [0.29, 0.717) is 12.2 Å². The lowest BCUT2D eigenvalue weighted by molar-refractivity contribution is -0.129. The van der Waals surface area contributed by atoms with Crippen LogP contribution in [-0.2, 0) is 11.2 Å². The van der Waals surface area contributed by atoms with E-state index >= 15 is 0 Å². The number of thiophene rings is 1. The molecule has 0 saturated carbocycles. The highest BCUT2D eigenvalue weighted by Crippen LogP contribution is 2.30. The Hall–Kier alpha value is -0.190. The highest BCUT2D eigenvalue weighted by molar-refractivity contribution is 9.10. The first-order valence-corrected chi connectivity index (χ1v) is 8.25. The Morgan fingerprint density at radius 1 is 1.50 bits per heavy atom. The number of carbonyl (C=O) groups is 1. The molecule has 100 valence electrons. The minimum atomic E-state index is -0.278. The van der Waals surface area contributed by atoms with Crippen LogP contribution in [0.2, 0.25) is 0 Å². The lowest BCUT2D eigenvalue weighted by Gasteiger charge is -2.36. The van der Waals surface area contributed by atoms with Gasteiger partial charge in [-0.1, -0.05) is 6.92 Å². The van der Waals surface area contributed by atoms with Gasteiger partial charge in [0.05, 0.1) is 5.54 Å². The second-order valence-electron chi connectivity index (χ2n) is 5.11. The first-order chi connectivity index (χ1) is 8.58. The molecule has 2 heterocycles. The average molecular weight is 330 g/mol. The van der Waals surface area contributed by atoms with Gasteiger partial charge >= 0.3 is 0 Å². The van der Waals surface area contributed by atoms with Crippen LogP contribution in [0.1, 0.15) is 38.0 Å². The molecular weight excluding hydrogens is 310 g/mol. The molecule has 1 aromatic heterocycles. The van der Waals surface area contributed by atoms with Crippen LogP contribution in [0, 0.1) is 0 Å². The van der Waals surface area contributed by atoms with Crippen molar-refractivity contribution in [3.8, 4) is 0 Å². The minimum Gasteiger partial charge on any atom is -0.297 e. The summed E-state index contributed by atoms with van der Waals surface area (Å²) in [7, 11) is 0. The van der Waals surface area contributed by atoms with Gasteiger partial charge in [-0.3, -0.25) is 9.69 Å². The summed E-state index contributed by atoms with van der Waals surface area (Å²) in [6, 6.07) is 2.02. The maximum Gasteiger partial charge on any atom is 0.158 e. The van der Waals surface area contributed by atoms with Crippen molar-refractivity contribution in [1.82, 2.24) is 4.90 Å². The number of hydrogen-bond acceptors (Lipinski definition) is 3. The fourth-order valence-electron chi connectivity index (χ4n) is 2.60. The zero-order valence-electron chi connectivity index (χ0n) is 11.0. The smallest absolute Gasteiger partial charge is 0.158 e. The Labute approximate surface area is 122 Å². The normalized spacial score (nSPS) is 19.9.